The number of carboxylic acid groups (broad SMARTS) is 1. The topological polar surface area (TPSA) is 95.9 Å². The van der Waals surface area contributed by atoms with E-state index in [4.69, 9.17) is 4.74 Å². The minimum absolute atomic E-state index is 0.121. The van der Waals surface area contributed by atoms with Crippen molar-refractivity contribution in [3.8, 4) is 5.75 Å². The van der Waals surface area contributed by atoms with Crippen LogP contribution in [0.3, 0.4) is 0 Å². The third-order valence-electron chi connectivity index (χ3n) is 5.57. The molecule has 1 heterocycles. The summed E-state index contributed by atoms with van der Waals surface area (Å²) in [6.07, 6.45) is 4.69. The van der Waals surface area contributed by atoms with E-state index in [1.54, 1.807) is 24.0 Å². The molecule has 28 heavy (non-hydrogen) atoms. The summed E-state index contributed by atoms with van der Waals surface area (Å²) in [6.45, 7) is 1.93. The second kappa shape index (κ2) is 9.08. The van der Waals surface area contributed by atoms with E-state index in [1.807, 2.05) is 12.1 Å². The molecular weight excluding hydrogens is 360 g/mol. The molecule has 1 saturated carbocycles. The number of amides is 2. The monoisotopic (exact) mass is 388 g/mol. The molecule has 3 atom stereocenters. The number of nitrogens with zero attached hydrogens (tertiary/aromatic N) is 1. The summed E-state index contributed by atoms with van der Waals surface area (Å²) in [7, 11) is 0. The van der Waals surface area contributed by atoms with Crippen LogP contribution in [0.2, 0.25) is 0 Å². The number of carbonyl (C=O) groups is 3. The molecule has 1 aliphatic carbocycles. The quantitative estimate of drug-likeness (QED) is 0.809. The summed E-state index contributed by atoms with van der Waals surface area (Å²) < 4.78 is 5.61. The van der Waals surface area contributed by atoms with E-state index in [1.165, 1.54) is 0 Å². The van der Waals surface area contributed by atoms with Gasteiger partial charge in [0.15, 0.2) is 6.10 Å². The van der Waals surface area contributed by atoms with Crippen LogP contribution in [0.1, 0.15) is 51.9 Å². The van der Waals surface area contributed by atoms with Crippen molar-refractivity contribution in [2.45, 2.75) is 64.0 Å². The largest absolute Gasteiger partial charge is 0.481 e. The molecule has 2 amide bonds. The number of aliphatic carboxylic acids is 1. The first-order chi connectivity index (χ1) is 13.5. The molecule has 0 spiro atoms. The molecular formula is C21H28N2O5. The van der Waals surface area contributed by atoms with Crippen molar-refractivity contribution in [2.75, 3.05) is 11.4 Å². The Hall–Kier alpha value is -2.57. The molecule has 152 valence electrons. The Balaban J connectivity index is 1.63. The van der Waals surface area contributed by atoms with Crippen LogP contribution in [-0.2, 0) is 14.4 Å². The molecule has 3 rings (SSSR count). The van der Waals surface area contributed by atoms with E-state index in [-0.39, 0.29) is 30.8 Å². The molecule has 1 aromatic rings. The van der Waals surface area contributed by atoms with Crippen LogP contribution < -0.4 is 15.0 Å². The number of para-hydroxylation sites is 2. The lowest BCUT2D eigenvalue weighted by molar-refractivity contribution is -0.143. The smallest absolute Gasteiger partial charge is 0.308 e. The predicted molar refractivity (Wildman–Crippen MR) is 104 cm³/mol. The third kappa shape index (κ3) is 4.64. The zero-order valence-electron chi connectivity index (χ0n) is 16.2. The number of rotatable bonds is 5. The van der Waals surface area contributed by atoms with Crippen molar-refractivity contribution >= 4 is 23.5 Å². The van der Waals surface area contributed by atoms with Gasteiger partial charge in [0.25, 0.3) is 5.91 Å². The predicted octanol–water partition coefficient (Wildman–Crippen LogP) is 2.73. The van der Waals surface area contributed by atoms with Gasteiger partial charge in [0.05, 0.1) is 11.6 Å². The Bertz CT molecular complexity index is 735. The normalized spacial score (nSPS) is 25.1. The molecule has 2 N–H and O–H groups in total. The van der Waals surface area contributed by atoms with Crippen molar-refractivity contribution in [3.63, 3.8) is 0 Å². The van der Waals surface area contributed by atoms with Crippen molar-refractivity contribution in [1.82, 2.24) is 5.32 Å². The molecule has 1 aromatic carbocycles. The number of nitrogens with one attached hydrogen (secondary N) is 1. The molecule has 0 radical (unpaired) electrons. The fourth-order valence-electron chi connectivity index (χ4n) is 4.03. The average molecular weight is 388 g/mol. The summed E-state index contributed by atoms with van der Waals surface area (Å²) in [6, 6.07) is 6.91. The lowest BCUT2D eigenvalue weighted by Crippen LogP contribution is -2.47. The van der Waals surface area contributed by atoms with Gasteiger partial charge >= 0.3 is 5.97 Å². The van der Waals surface area contributed by atoms with Crippen molar-refractivity contribution in [3.05, 3.63) is 24.3 Å². The molecule has 0 bridgehead atoms. The van der Waals surface area contributed by atoms with Gasteiger partial charge in [-0.25, -0.2) is 0 Å². The van der Waals surface area contributed by atoms with Gasteiger partial charge in [0.1, 0.15) is 5.75 Å². The molecule has 0 aromatic heterocycles. The SMILES string of the molecule is CC1Oc2ccccc2N(CCC(=O)NC2CCCCCCC2C(=O)O)C1=O. The Morgan fingerprint density at radius 2 is 1.89 bits per heavy atom. The average Bonchev–Trinajstić information content (AvgIpc) is 2.64. The number of hydrogen-bond acceptors (Lipinski definition) is 4. The van der Waals surface area contributed by atoms with Gasteiger partial charge in [-0.05, 0) is 31.9 Å². The minimum Gasteiger partial charge on any atom is -0.481 e. The van der Waals surface area contributed by atoms with Crippen molar-refractivity contribution in [1.29, 1.82) is 0 Å². The summed E-state index contributed by atoms with van der Waals surface area (Å²) in [5.41, 5.74) is 0.660. The van der Waals surface area contributed by atoms with E-state index in [0.717, 1.165) is 25.7 Å². The standard InChI is InChI=1S/C21H28N2O5/c1-14-20(25)23(17-10-6-7-11-18(17)28-14)13-12-19(24)22-16-9-5-3-2-4-8-15(16)21(26)27/h6-7,10-11,14-16H,2-5,8-9,12-13H2,1H3,(H,22,24)(H,26,27). The van der Waals surface area contributed by atoms with Crippen molar-refractivity contribution in [2.24, 2.45) is 5.92 Å². The number of anilines is 1. The number of fused-ring (bicyclic) bond motifs is 1. The minimum atomic E-state index is -0.849. The third-order valence-corrected chi connectivity index (χ3v) is 5.57. The first kappa shape index (κ1) is 20.2. The Labute approximate surface area is 165 Å². The van der Waals surface area contributed by atoms with Gasteiger partial charge in [-0.3, -0.25) is 14.4 Å². The van der Waals surface area contributed by atoms with Crippen molar-refractivity contribution < 1.29 is 24.2 Å². The van der Waals surface area contributed by atoms with E-state index >= 15 is 0 Å². The fourth-order valence-corrected chi connectivity index (χ4v) is 4.03. The van der Waals surface area contributed by atoms with Gasteiger partial charge in [0.2, 0.25) is 5.91 Å². The second-order valence-corrected chi connectivity index (χ2v) is 7.58. The lowest BCUT2D eigenvalue weighted by Gasteiger charge is -2.33. The van der Waals surface area contributed by atoms with Crippen LogP contribution >= 0.6 is 0 Å². The van der Waals surface area contributed by atoms with Crippen LogP contribution in [-0.4, -0.2) is 41.6 Å². The number of hydrogen-bond donors (Lipinski definition) is 2. The van der Waals surface area contributed by atoms with Gasteiger partial charge in [0, 0.05) is 19.0 Å². The zero-order chi connectivity index (χ0) is 20.1. The maximum absolute atomic E-state index is 12.5. The highest BCUT2D eigenvalue weighted by Crippen LogP contribution is 2.33. The first-order valence-corrected chi connectivity index (χ1v) is 10.1. The molecule has 0 saturated heterocycles. The lowest BCUT2D eigenvalue weighted by atomic mass is 9.86. The maximum Gasteiger partial charge on any atom is 0.308 e. The number of benzene rings is 1. The van der Waals surface area contributed by atoms with E-state index in [9.17, 15) is 19.5 Å². The molecule has 1 fully saturated rings. The highest BCUT2D eigenvalue weighted by atomic mass is 16.5. The summed E-state index contributed by atoms with van der Waals surface area (Å²) in [4.78, 5) is 38.2. The van der Waals surface area contributed by atoms with Crippen LogP contribution in [0.4, 0.5) is 5.69 Å². The van der Waals surface area contributed by atoms with E-state index < -0.39 is 18.0 Å². The molecule has 3 unspecified atom stereocenters. The number of carboxylic acids is 1. The Morgan fingerprint density at radius 3 is 2.64 bits per heavy atom. The van der Waals surface area contributed by atoms with Crippen LogP contribution in [0.15, 0.2) is 24.3 Å². The van der Waals surface area contributed by atoms with E-state index in [0.29, 0.717) is 24.3 Å². The van der Waals surface area contributed by atoms with Gasteiger partial charge in [-0.2, -0.15) is 0 Å². The highest BCUT2D eigenvalue weighted by Gasteiger charge is 2.33. The van der Waals surface area contributed by atoms with Gasteiger partial charge in [-0.1, -0.05) is 37.8 Å². The zero-order valence-corrected chi connectivity index (χ0v) is 16.2. The van der Waals surface area contributed by atoms with Gasteiger partial charge < -0.3 is 20.1 Å². The number of carbonyl (C=O) groups excluding carboxylic acids is 2. The number of ether oxygens (including phenoxy) is 1. The van der Waals surface area contributed by atoms with Crippen LogP contribution in [0.5, 0.6) is 5.75 Å². The molecule has 1 aliphatic heterocycles. The Kier molecular flexibility index (Phi) is 6.54. The van der Waals surface area contributed by atoms with Gasteiger partial charge in [-0.15, -0.1) is 0 Å². The maximum atomic E-state index is 12.5. The van der Waals surface area contributed by atoms with Crippen LogP contribution in [0.25, 0.3) is 0 Å². The summed E-state index contributed by atoms with van der Waals surface area (Å²) in [5.74, 6) is -1.17. The molecule has 7 nitrogen and oxygen atoms in total. The Morgan fingerprint density at radius 1 is 1.18 bits per heavy atom. The summed E-state index contributed by atoms with van der Waals surface area (Å²) >= 11 is 0. The molecule has 7 heteroatoms. The van der Waals surface area contributed by atoms with Crippen LogP contribution in [0, 0.1) is 5.92 Å². The first-order valence-electron chi connectivity index (χ1n) is 10.1. The molecule has 2 aliphatic rings. The second-order valence-electron chi connectivity index (χ2n) is 7.58. The highest BCUT2D eigenvalue weighted by molar-refractivity contribution is 6.00. The fraction of sp³-hybridized carbons (Fsp3) is 0.571. The van der Waals surface area contributed by atoms with E-state index in [2.05, 4.69) is 5.32 Å². The summed E-state index contributed by atoms with van der Waals surface area (Å²) in [5, 5.41) is 12.4.